The summed E-state index contributed by atoms with van der Waals surface area (Å²) in [4.78, 5) is 14.1. The van der Waals surface area contributed by atoms with Crippen LogP contribution in [-0.4, -0.2) is 31.1 Å². The number of nitrogen functional groups attached to an aromatic ring is 1. The zero-order chi connectivity index (χ0) is 15.2. The number of rotatable bonds is 7. The van der Waals surface area contributed by atoms with Gasteiger partial charge in [-0.15, -0.1) is 0 Å². The van der Waals surface area contributed by atoms with Gasteiger partial charge < -0.3 is 10.5 Å². The van der Waals surface area contributed by atoms with E-state index >= 15 is 0 Å². The van der Waals surface area contributed by atoms with Crippen molar-refractivity contribution >= 4 is 11.7 Å². The largest absolute Gasteiger partial charge is 0.469 e. The molecule has 0 atom stereocenters. The number of esters is 1. The molecule has 112 valence electrons. The zero-order valence-corrected chi connectivity index (χ0v) is 13.0. The summed E-state index contributed by atoms with van der Waals surface area (Å²) in [6.45, 7) is 8.37. The number of methoxy groups -OCH3 is 1. The quantitative estimate of drug-likeness (QED) is 0.615. The molecule has 4 heteroatoms. The number of nitrogens with two attached hydrogens (primary N) is 1. The molecule has 2 N–H and O–H groups in total. The van der Waals surface area contributed by atoms with E-state index < -0.39 is 5.41 Å². The lowest BCUT2D eigenvalue weighted by Gasteiger charge is -2.30. The van der Waals surface area contributed by atoms with Crippen molar-refractivity contribution in [2.75, 3.05) is 25.9 Å². The van der Waals surface area contributed by atoms with Crippen LogP contribution in [0, 0.1) is 5.41 Å². The molecule has 0 saturated carbocycles. The third-order valence-corrected chi connectivity index (χ3v) is 3.25. The predicted octanol–water partition coefficient (Wildman–Crippen LogP) is 2.68. The molecule has 0 radical (unpaired) electrons. The molecular formula is C16H26N2O2. The summed E-state index contributed by atoms with van der Waals surface area (Å²) in [6.07, 6.45) is 1.04. The van der Waals surface area contributed by atoms with Crippen LogP contribution < -0.4 is 5.73 Å². The molecule has 0 heterocycles. The molecule has 0 spiro atoms. The Morgan fingerprint density at radius 2 is 2.10 bits per heavy atom. The molecular weight excluding hydrogens is 252 g/mol. The third-order valence-electron chi connectivity index (χ3n) is 3.25. The lowest BCUT2D eigenvalue weighted by molar-refractivity contribution is -0.151. The van der Waals surface area contributed by atoms with E-state index in [9.17, 15) is 4.79 Å². The Labute approximate surface area is 121 Å². The van der Waals surface area contributed by atoms with Crippen molar-refractivity contribution in [2.24, 2.45) is 5.41 Å². The third kappa shape index (κ3) is 4.85. The number of benzene rings is 1. The highest BCUT2D eigenvalue weighted by Crippen LogP contribution is 2.21. The Morgan fingerprint density at radius 3 is 2.65 bits per heavy atom. The Morgan fingerprint density at radius 1 is 1.40 bits per heavy atom. The molecule has 0 saturated heterocycles. The second-order valence-electron chi connectivity index (χ2n) is 5.83. The number of carbonyl (C=O) groups excluding carboxylic acids is 1. The molecule has 1 rings (SSSR count). The Balaban J connectivity index is 2.76. The monoisotopic (exact) mass is 278 g/mol. The van der Waals surface area contributed by atoms with Crippen LogP contribution in [0.5, 0.6) is 0 Å². The van der Waals surface area contributed by atoms with Gasteiger partial charge in [0.15, 0.2) is 0 Å². The average Bonchev–Trinajstić information content (AvgIpc) is 2.37. The van der Waals surface area contributed by atoms with Crippen molar-refractivity contribution < 1.29 is 9.53 Å². The maximum absolute atomic E-state index is 11.8. The topological polar surface area (TPSA) is 55.6 Å². The lowest BCUT2D eigenvalue weighted by atomic mass is 9.92. The minimum atomic E-state index is -0.510. The van der Waals surface area contributed by atoms with Gasteiger partial charge in [0.2, 0.25) is 0 Å². The second kappa shape index (κ2) is 7.29. The summed E-state index contributed by atoms with van der Waals surface area (Å²) in [7, 11) is 1.44. The van der Waals surface area contributed by atoms with E-state index in [0.717, 1.165) is 25.2 Å². The van der Waals surface area contributed by atoms with E-state index in [1.54, 1.807) is 0 Å². The van der Waals surface area contributed by atoms with Crippen molar-refractivity contribution in [1.29, 1.82) is 0 Å². The summed E-state index contributed by atoms with van der Waals surface area (Å²) >= 11 is 0. The van der Waals surface area contributed by atoms with Crippen LogP contribution in [0.15, 0.2) is 24.3 Å². The van der Waals surface area contributed by atoms with Gasteiger partial charge in [0.25, 0.3) is 0 Å². The molecule has 0 aliphatic carbocycles. The molecule has 0 amide bonds. The first-order valence-corrected chi connectivity index (χ1v) is 7.04. The van der Waals surface area contributed by atoms with Crippen molar-refractivity contribution in [2.45, 2.75) is 33.7 Å². The van der Waals surface area contributed by atoms with Crippen molar-refractivity contribution in [3.63, 3.8) is 0 Å². The zero-order valence-electron chi connectivity index (χ0n) is 13.0. The van der Waals surface area contributed by atoms with Crippen LogP contribution in [0.2, 0.25) is 0 Å². The van der Waals surface area contributed by atoms with Crippen LogP contribution in [0.1, 0.15) is 32.8 Å². The van der Waals surface area contributed by atoms with Crippen LogP contribution in [0.3, 0.4) is 0 Å². The molecule has 1 aromatic rings. The summed E-state index contributed by atoms with van der Waals surface area (Å²) in [5.74, 6) is -0.175. The van der Waals surface area contributed by atoms with Crippen LogP contribution in [0.4, 0.5) is 5.69 Å². The van der Waals surface area contributed by atoms with Crippen molar-refractivity contribution in [3.05, 3.63) is 29.8 Å². The molecule has 0 aromatic heterocycles. The summed E-state index contributed by atoms with van der Waals surface area (Å²) in [5.41, 5.74) is 7.24. The number of hydrogen-bond donors (Lipinski definition) is 1. The van der Waals surface area contributed by atoms with E-state index in [1.807, 2.05) is 32.0 Å². The first-order valence-electron chi connectivity index (χ1n) is 7.04. The SMILES string of the molecule is CCCN(Cc1cccc(N)c1)CC(C)(C)C(=O)OC. The summed E-state index contributed by atoms with van der Waals surface area (Å²) < 4.78 is 4.88. The highest BCUT2D eigenvalue weighted by molar-refractivity contribution is 5.76. The fourth-order valence-corrected chi connectivity index (χ4v) is 2.38. The number of hydrogen-bond acceptors (Lipinski definition) is 4. The number of anilines is 1. The van der Waals surface area contributed by atoms with Gasteiger partial charge in [-0.25, -0.2) is 0 Å². The molecule has 20 heavy (non-hydrogen) atoms. The summed E-state index contributed by atoms with van der Waals surface area (Å²) in [5, 5.41) is 0. The minimum Gasteiger partial charge on any atom is -0.469 e. The highest BCUT2D eigenvalue weighted by Gasteiger charge is 2.30. The van der Waals surface area contributed by atoms with Gasteiger partial charge in [0.05, 0.1) is 12.5 Å². The Hall–Kier alpha value is -1.55. The van der Waals surface area contributed by atoms with Crippen molar-refractivity contribution in [3.8, 4) is 0 Å². The van der Waals surface area contributed by atoms with Gasteiger partial charge in [-0.1, -0.05) is 19.1 Å². The fraction of sp³-hybridized carbons (Fsp3) is 0.562. The number of nitrogens with zero attached hydrogens (tertiary/aromatic N) is 1. The van der Waals surface area contributed by atoms with Crippen LogP contribution in [-0.2, 0) is 16.1 Å². The Bertz CT molecular complexity index is 444. The van der Waals surface area contributed by atoms with Crippen LogP contribution >= 0.6 is 0 Å². The first-order chi connectivity index (χ1) is 9.39. The minimum absolute atomic E-state index is 0.175. The highest BCUT2D eigenvalue weighted by atomic mass is 16.5. The molecule has 0 aliphatic rings. The summed E-state index contributed by atoms with van der Waals surface area (Å²) in [6, 6.07) is 7.88. The van der Waals surface area contributed by atoms with Gasteiger partial charge in [-0.05, 0) is 44.5 Å². The molecule has 0 unspecified atom stereocenters. The number of carbonyl (C=O) groups is 1. The Kier molecular flexibility index (Phi) is 6.02. The van der Waals surface area contributed by atoms with Crippen molar-refractivity contribution in [1.82, 2.24) is 4.90 Å². The fourth-order valence-electron chi connectivity index (χ4n) is 2.38. The second-order valence-corrected chi connectivity index (χ2v) is 5.83. The predicted molar refractivity (Wildman–Crippen MR) is 82.2 cm³/mol. The standard InChI is InChI=1S/C16H26N2O2/c1-5-9-18(12-16(2,3)15(19)20-4)11-13-7-6-8-14(17)10-13/h6-8,10H,5,9,11-12,17H2,1-4H3. The first kappa shape index (κ1) is 16.5. The maximum atomic E-state index is 11.8. The van der Waals surface area contributed by atoms with E-state index in [0.29, 0.717) is 6.54 Å². The van der Waals surface area contributed by atoms with E-state index in [1.165, 1.54) is 12.7 Å². The molecule has 1 aromatic carbocycles. The normalized spacial score (nSPS) is 11.7. The molecule has 4 nitrogen and oxygen atoms in total. The van der Waals surface area contributed by atoms with E-state index in [4.69, 9.17) is 10.5 Å². The van der Waals surface area contributed by atoms with Gasteiger partial charge in [-0.2, -0.15) is 0 Å². The lowest BCUT2D eigenvalue weighted by Crippen LogP contribution is -2.40. The smallest absolute Gasteiger partial charge is 0.312 e. The number of ether oxygens (including phenoxy) is 1. The van der Waals surface area contributed by atoms with Gasteiger partial charge in [-0.3, -0.25) is 9.69 Å². The van der Waals surface area contributed by atoms with Gasteiger partial charge >= 0.3 is 5.97 Å². The molecule has 0 aliphatic heterocycles. The molecule has 0 fully saturated rings. The van der Waals surface area contributed by atoms with Gasteiger partial charge in [0.1, 0.15) is 0 Å². The maximum Gasteiger partial charge on any atom is 0.312 e. The van der Waals surface area contributed by atoms with Crippen LogP contribution in [0.25, 0.3) is 0 Å². The average molecular weight is 278 g/mol. The van der Waals surface area contributed by atoms with E-state index in [-0.39, 0.29) is 5.97 Å². The van der Waals surface area contributed by atoms with E-state index in [2.05, 4.69) is 17.9 Å². The molecule has 0 bridgehead atoms. The van der Waals surface area contributed by atoms with Gasteiger partial charge in [0, 0.05) is 18.8 Å².